The molecule has 0 bridgehead atoms. The molecule has 0 radical (unpaired) electrons. The number of amides is 2. The Morgan fingerprint density at radius 2 is 2.19 bits per heavy atom. The van der Waals surface area contributed by atoms with Crippen molar-refractivity contribution < 1.29 is 4.79 Å². The molecule has 3 rings (SSSR count). The van der Waals surface area contributed by atoms with Crippen LogP contribution in [0.3, 0.4) is 0 Å². The lowest BCUT2D eigenvalue weighted by atomic mass is 10.2. The number of fused-ring (bicyclic) bond motifs is 1. The number of nitrogens with two attached hydrogens (primary N) is 1. The van der Waals surface area contributed by atoms with Gasteiger partial charge < -0.3 is 16.0 Å². The number of carbonyl (C=O) groups is 1. The quantitative estimate of drug-likeness (QED) is 0.717. The molecule has 2 aromatic rings. The van der Waals surface area contributed by atoms with E-state index in [0.29, 0.717) is 36.2 Å². The number of nitrogens with one attached hydrogen (secondary N) is 2. The highest BCUT2D eigenvalue weighted by atomic mass is 16.2. The van der Waals surface area contributed by atoms with E-state index < -0.39 is 0 Å². The van der Waals surface area contributed by atoms with Gasteiger partial charge in [0.25, 0.3) is 0 Å². The van der Waals surface area contributed by atoms with E-state index in [9.17, 15) is 4.79 Å². The largest absolute Gasteiger partial charge is 0.401 e. The van der Waals surface area contributed by atoms with Crippen molar-refractivity contribution in [1.29, 1.82) is 0 Å². The van der Waals surface area contributed by atoms with Gasteiger partial charge in [0.1, 0.15) is 5.82 Å². The smallest absolute Gasteiger partial charge is 0.323 e. The molecule has 2 heterocycles. The molecule has 1 aromatic carbocycles. The van der Waals surface area contributed by atoms with Gasteiger partial charge in [0.15, 0.2) is 0 Å². The molecule has 1 aromatic heterocycles. The van der Waals surface area contributed by atoms with Gasteiger partial charge >= 0.3 is 6.03 Å². The number of benzene rings is 1. The zero-order chi connectivity index (χ0) is 18.5. The van der Waals surface area contributed by atoms with Crippen LogP contribution in [0.2, 0.25) is 0 Å². The van der Waals surface area contributed by atoms with Gasteiger partial charge in [-0.2, -0.15) is 4.98 Å². The predicted molar refractivity (Wildman–Crippen MR) is 102 cm³/mol. The van der Waals surface area contributed by atoms with Gasteiger partial charge in [-0.3, -0.25) is 10.3 Å². The fourth-order valence-corrected chi connectivity index (χ4v) is 2.56. The molecule has 0 saturated heterocycles. The average molecular weight is 351 g/mol. The second-order valence-corrected chi connectivity index (χ2v) is 5.95. The molecule has 8 heteroatoms. The van der Waals surface area contributed by atoms with Crippen LogP contribution >= 0.6 is 0 Å². The lowest BCUT2D eigenvalue weighted by Crippen LogP contribution is -2.38. The first-order valence-corrected chi connectivity index (χ1v) is 8.18. The molecule has 134 valence electrons. The Morgan fingerprint density at radius 1 is 1.42 bits per heavy atom. The highest BCUT2D eigenvalue weighted by molar-refractivity contribution is 5.91. The second-order valence-electron chi connectivity index (χ2n) is 5.95. The third kappa shape index (κ3) is 3.97. The molecule has 1 aliphatic rings. The number of aliphatic imine (C=N–C) groups is 1. The normalized spacial score (nSPS) is 14.7. The fraction of sp³-hybridized carbons (Fsp3) is 0.222. The van der Waals surface area contributed by atoms with Crippen LogP contribution in [0.25, 0.3) is 0 Å². The zero-order valence-corrected chi connectivity index (χ0v) is 14.7. The fourth-order valence-electron chi connectivity index (χ4n) is 2.56. The van der Waals surface area contributed by atoms with Crippen molar-refractivity contribution in [3.8, 4) is 0 Å². The summed E-state index contributed by atoms with van der Waals surface area (Å²) in [4.78, 5) is 26.7. The maximum atomic E-state index is 12.4. The first-order chi connectivity index (χ1) is 12.6. The highest BCUT2D eigenvalue weighted by Gasteiger charge is 2.24. The number of anilines is 2. The van der Waals surface area contributed by atoms with Crippen molar-refractivity contribution in [2.75, 3.05) is 17.7 Å². The van der Waals surface area contributed by atoms with E-state index in [1.807, 2.05) is 30.3 Å². The van der Waals surface area contributed by atoms with Gasteiger partial charge in [-0.15, -0.1) is 0 Å². The van der Waals surface area contributed by atoms with Crippen molar-refractivity contribution in [1.82, 2.24) is 14.9 Å². The Hall–Kier alpha value is -3.42. The lowest BCUT2D eigenvalue weighted by Gasteiger charge is -2.28. The lowest BCUT2D eigenvalue weighted by molar-refractivity contribution is 0.203. The molecule has 0 spiro atoms. The van der Waals surface area contributed by atoms with Crippen LogP contribution in [0.15, 0.2) is 52.9 Å². The van der Waals surface area contributed by atoms with Crippen LogP contribution in [0.4, 0.5) is 16.6 Å². The molecular formula is C18H21N7O. The number of rotatable bonds is 5. The molecule has 0 saturated carbocycles. The van der Waals surface area contributed by atoms with Crippen LogP contribution in [0.5, 0.6) is 0 Å². The molecule has 4 N–H and O–H groups in total. The number of nitrogens with zero attached hydrogens (tertiary/aromatic N) is 4. The van der Waals surface area contributed by atoms with Gasteiger partial charge in [0.2, 0.25) is 5.95 Å². The SMILES string of the molecule is CN=CC(Nc1ncc2c(n1)NC(=O)N(Cc1ccccc1)C2)=C(C)N. The Balaban J connectivity index is 1.77. The maximum absolute atomic E-state index is 12.4. The first-order valence-electron chi connectivity index (χ1n) is 8.18. The van der Waals surface area contributed by atoms with Crippen LogP contribution in [-0.2, 0) is 13.1 Å². The van der Waals surface area contributed by atoms with E-state index in [1.54, 1.807) is 31.3 Å². The number of allylic oxidation sites excluding steroid dienone is 2. The van der Waals surface area contributed by atoms with E-state index in [1.165, 1.54) is 0 Å². The Morgan fingerprint density at radius 3 is 2.88 bits per heavy atom. The zero-order valence-electron chi connectivity index (χ0n) is 14.7. The molecule has 26 heavy (non-hydrogen) atoms. The molecule has 8 nitrogen and oxygen atoms in total. The minimum Gasteiger partial charge on any atom is -0.401 e. The van der Waals surface area contributed by atoms with Crippen molar-refractivity contribution in [2.24, 2.45) is 10.7 Å². The summed E-state index contributed by atoms with van der Waals surface area (Å²) >= 11 is 0. The number of hydrogen-bond donors (Lipinski definition) is 3. The Kier molecular flexibility index (Phi) is 5.12. The third-order valence-electron chi connectivity index (χ3n) is 3.88. The van der Waals surface area contributed by atoms with Gasteiger partial charge in [-0.25, -0.2) is 9.78 Å². The molecule has 0 fully saturated rings. The first kappa shape index (κ1) is 17.4. The summed E-state index contributed by atoms with van der Waals surface area (Å²) in [5, 5.41) is 5.83. The highest BCUT2D eigenvalue weighted by Crippen LogP contribution is 2.23. The van der Waals surface area contributed by atoms with Crippen molar-refractivity contribution in [3.05, 3.63) is 59.0 Å². The molecule has 2 amide bonds. The van der Waals surface area contributed by atoms with Crippen LogP contribution in [0, 0.1) is 0 Å². The molecular weight excluding hydrogens is 330 g/mol. The minimum absolute atomic E-state index is 0.188. The monoisotopic (exact) mass is 351 g/mol. The predicted octanol–water partition coefficient (Wildman–Crippen LogP) is 2.33. The summed E-state index contributed by atoms with van der Waals surface area (Å²) in [7, 11) is 1.65. The molecule has 1 aliphatic heterocycles. The van der Waals surface area contributed by atoms with E-state index >= 15 is 0 Å². The van der Waals surface area contributed by atoms with Gasteiger partial charge in [0, 0.05) is 37.3 Å². The topological polar surface area (TPSA) is 109 Å². The van der Waals surface area contributed by atoms with E-state index in [0.717, 1.165) is 11.1 Å². The number of carbonyl (C=O) groups excluding carboxylic acids is 1. The Labute approximate surface area is 151 Å². The standard InChI is InChI=1S/C18H21N7O/c1-12(19)15(9-20-2)22-17-21-8-14-11-25(18(26)24-16(14)23-17)10-13-6-4-3-5-7-13/h3-9H,10-11,19H2,1-2H3,(H2,21,22,23,24,26). The molecule has 0 aliphatic carbocycles. The van der Waals surface area contributed by atoms with Gasteiger partial charge in [0.05, 0.1) is 12.2 Å². The summed E-state index contributed by atoms with van der Waals surface area (Å²) < 4.78 is 0. The minimum atomic E-state index is -0.188. The van der Waals surface area contributed by atoms with Gasteiger partial charge in [-0.05, 0) is 12.5 Å². The summed E-state index contributed by atoms with van der Waals surface area (Å²) in [6.07, 6.45) is 3.30. The number of urea groups is 1. The molecule has 0 unspecified atom stereocenters. The van der Waals surface area contributed by atoms with E-state index in [-0.39, 0.29) is 6.03 Å². The summed E-state index contributed by atoms with van der Waals surface area (Å²) in [6.45, 7) is 2.73. The van der Waals surface area contributed by atoms with E-state index in [4.69, 9.17) is 5.73 Å². The second kappa shape index (κ2) is 7.64. The maximum Gasteiger partial charge on any atom is 0.323 e. The van der Waals surface area contributed by atoms with Gasteiger partial charge in [-0.1, -0.05) is 30.3 Å². The molecule has 0 atom stereocenters. The average Bonchev–Trinajstić information content (AvgIpc) is 2.63. The summed E-state index contributed by atoms with van der Waals surface area (Å²) in [5.74, 6) is 0.847. The Bertz CT molecular complexity index is 857. The van der Waals surface area contributed by atoms with Crippen molar-refractivity contribution in [2.45, 2.75) is 20.0 Å². The third-order valence-corrected chi connectivity index (χ3v) is 3.88. The number of hydrogen-bond acceptors (Lipinski definition) is 6. The van der Waals surface area contributed by atoms with Crippen molar-refractivity contribution in [3.63, 3.8) is 0 Å². The number of aromatic nitrogens is 2. The van der Waals surface area contributed by atoms with Crippen LogP contribution in [-0.4, -0.2) is 34.2 Å². The van der Waals surface area contributed by atoms with Crippen LogP contribution < -0.4 is 16.4 Å². The van der Waals surface area contributed by atoms with Crippen molar-refractivity contribution >= 4 is 24.0 Å². The van der Waals surface area contributed by atoms with Crippen LogP contribution in [0.1, 0.15) is 18.1 Å². The summed E-state index contributed by atoms with van der Waals surface area (Å²) in [6, 6.07) is 9.65. The summed E-state index contributed by atoms with van der Waals surface area (Å²) in [5.41, 5.74) is 8.91. The van der Waals surface area contributed by atoms with E-state index in [2.05, 4.69) is 25.6 Å².